The van der Waals surface area contributed by atoms with E-state index in [0.717, 1.165) is 11.4 Å². The van der Waals surface area contributed by atoms with Crippen LogP contribution in [0.1, 0.15) is 0 Å². The predicted molar refractivity (Wildman–Crippen MR) is 70.8 cm³/mol. The third-order valence-corrected chi connectivity index (χ3v) is 3.03. The Morgan fingerprint density at radius 1 is 0.889 bits per heavy atom. The van der Waals surface area contributed by atoms with E-state index in [9.17, 15) is 4.79 Å². The van der Waals surface area contributed by atoms with Gasteiger partial charge in [-0.15, -0.1) is 0 Å². The molecule has 4 nitrogen and oxygen atoms in total. The number of urea groups is 1. The zero-order valence-electron chi connectivity index (χ0n) is 9.86. The van der Waals surface area contributed by atoms with Crippen LogP contribution in [0.2, 0.25) is 0 Å². The van der Waals surface area contributed by atoms with Crippen molar-refractivity contribution in [2.75, 3.05) is 22.9 Å². The molecule has 3 rings (SSSR count). The minimum absolute atomic E-state index is 0.00852. The van der Waals surface area contributed by atoms with Crippen LogP contribution in [0.5, 0.6) is 0 Å². The van der Waals surface area contributed by atoms with Crippen LogP contribution in [0, 0.1) is 0 Å². The molecule has 1 aliphatic rings. The molecule has 1 aromatic heterocycles. The Morgan fingerprint density at radius 2 is 1.56 bits per heavy atom. The van der Waals surface area contributed by atoms with Crippen LogP contribution in [0.3, 0.4) is 0 Å². The average Bonchev–Trinajstić information content (AvgIpc) is 2.83. The number of amides is 2. The van der Waals surface area contributed by atoms with Crippen molar-refractivity contribution < 1.29 is 4.79 Å². The molecule has 0 atom stereocenters. The molecule has 0 radical (unpaired) electrons. The maximum Gasteiger partial charge on any atom is 0.329 e. The summed E-state index contributed by atoms with van der Waals surface area (Å²) in [5, 5.41) is 0. The lowest BCUT2D eigenvalue weighted by Gasteiger charge is -2.18. The maximum absolute atomic E-state index is 12.3. The second kappa shape index (κ2) is 4.49. The van der Waals surface area contributed by atoms with Crippen molar-refractivity contribution in [1.29, 1.82) is 0 Å². The van der Waals surface area contributed by atoms with Gasteiger partial charge in [0.2, 0.25) is 0 Å². The highest BCUT2D eigenvalue weighted by Crippen LogP contribution is 2.23. The first kappa shape index (κ1) is 10.8. The van der Waals surface area contributed by atoms with E-state index in [1.165, 1.54) is 0 Å². The van der Waals surface area contributed by atoms with E-state index in [1.54, 1.807) is 22.2 Å². The molecule has 0 spiro atoms. The van der Waals surface area contributed by atoms with Crippen molar-refractivity contribution in [3.8, 4) is 0 Å². The number of carbonyl (C=O) groups is 1. The molecule has 0 aliphatic carbocycles. The van der Waals surface area contributed by atoms with Gasteiger partial charge in [0.25, 0.3) is 0 Å². The van der Waals surface area contributed by atoms with Gasteiger partial charge < -0.3 is 0 Å². The molecule has 0 saturated carbocycles. The van der Waals surface area contributed by atoms with Crippen molar-refractivity contribution in [3.05, 3.63) is 54.9 Å². The third kappa shape index (κ3) is 1.82. The van der Waals surface area contributed by atoms with Crippen molar-refractivity contribution >= 4 is 17.4 Å². The molecule has 1 fully saturated rings. The van der Waals surface area contributed by atoms with E-state index in [0.29, 0.717) is 13.1 Å². The topological polar surface area (TPSA) is 36.4 Å². The summed E-state index contributed by atoms with van der Waals surface area (Å²) in [6.07, 6.45) is 3.42. The van der Waals surface area contributed by atoms with Gasteiger partial charge in [0.1, 0.15) is 0 Å². The predicted octanol–water partition coefficient (Wildman–Crippen LogP) is 2.53. The summed E-state index contributed by atoms with van der Waals surface area (Å²) in [5.74, 6) is 0. The normalized spacial score (nSPS) is 15.2. The lowest BCUT2D eigenvalue weighted by molar-refractivity contribution is 0.256. The van der Waals surface area contributed by atoms with Gasteiger partial charge in [-0.2, -0.15) is 0 Å². The molecule has 1 aliphatic heterocycles. The number of pyridine rings is 1. The average molecular weight is 239 g/mol. The maximum atomic E-state index is 12.3. The van der Waals surface area contributed by atoms with Gasteiger partial charge in [0.15, 0.2) is 0 Å². The Bertz CT molecular complexity index is 492. The monoisotopic (exact) mass is 239 g/mol. The smallest absolute Gasteiger partial charge is 0.292 e. The molecular formula is C14H13N3O. The second-order valence-electron chi connectivity index (χ2n) is 4.13. The molecule has 2 heterocycles. The van der Waals surface area contributed by atoms with Crippen molar-refractivity contribution in [1.82, 2.24) is 4.98 Å². The molecule has 2 aromatic rings. The Labute approximate surface area is 105 Å². The first-order chi connectivity index (χ1) is 8.86. The van der Waals surface area contributed by atoms with E-state index in [4.69, 9.17) is 0 Å². The Morgan fingerprint density at radius 3 is 2.22 bits per heavy atom. The molecule has 0 unspecified atom stereocenters. The summed E-state index contributed by atoms with van der Waals surface area (Å²) in [5.41, 5.74) is 1.79. The highest BCUT2D eigenvalue weighted by atomic mass is 16.2. The van der Waals surface area contributed by atoms with E-state index in [2.05, 4.69) is 4.98 Å². The molecule has 4 heteroatoms. The number of benzene rings is 1. The van der Waals surface area contributed by atoms with Crippen LogP contribution < -0.4 is 9.80 Å². The number of carbonyl (C=O) groups excluding carboxylic acids is 1. The van der Waals surface area contributed by atoms with E-state index < -0.39 is 0 Å². The van der Waals surface area contributed by atoms with Crippen molar-refractivity contribution in [2.45, 2.75) is 0 Å². The first-order valence-electron chi connectivity index (χ1n) is 5.90. The SMILES string of the molecule is O=C1N(c2ccccc2)CCN1c1cccnc1. The molecule has 1 saturated heterocycles. The quantitative estimate of drug-likeness (QED) is 0.807. The van der Waals surface area contributed by atoms with Crippen LogP contribution in [0.15, 0.2) is 54.9 Å². The number of hydrogen-bond donors (Lipinski definition) is 0. The Balaban J connectivity index is 1.86. The lowest BCUT2D eigenvalue weighted by Crippen LogP contribution is -2.31. The van der Waals surface area contributed by atoms with Crippen LogP contribution in [0.25, 0.3) is 0 Å². The second-order valence-corrected chi connectivity index (χ2v) is 4.13. The summed E-state index contributed by atoms with van der Waals surface area (Å²) < 4.78 is 0. The van der Waals surface area contributed by atoms with Crippen LogP contribution in [-0.4, -0.2) is 24.1 Å². The zero-order chi connectivity index (χ0) is 12.4. The molecule has 0 N–H and O–H groups in total. The number of aromatic nitrogens is 1. The van der Waals surface area contributed by atoms with Crippen molar-refractivity contribution in [2.24, 2.45) is 0 Å². The highest BCUT2D eigenvalue weighted by molar-refractivity contribution is 6.05. The molecule has 2 amide bonds. The summed E-state index contributed by atoms with van der Waals surface area (Å²) in [6, 6.07) is 13.5. The first-order valence-corrected chi connectivity index (χ1v) is 5.90. The van der Waals surface area contributed by atoms with Gasteiger partial charge in [-0.25, -0.2) is 4.79 Å². The fourth-order valence-corrected chi connectivity index (χ4v) is 2.14. The molecule has 1 aromatic carbocycles. The number of para-hydroxylation sites is 1. The van der Waals surface area contributed by atoms with Crippen molar-refractivity contribution in [3.63, 3.8) is 0 Å². The minimum Gasteiger partial charge on any atom is -0.292 e. The van der Waals surface area contributed by atoms with Gasteiger partial charge in [-0.1, -0.05) is 18.2 Å². The van der Waals surface area contributed by atoms with Crippen LogP contribution in [0.4, 0.5) is 16.2 Å². The van der Waals surface area contributed by atoms with Crippen LogP contribution in [-0.2, 0) is 0 Å². The molecule has 90 valence electrons. The van der Waals surface area contributed by atoms with Crippen LogP contribution >= 0.6 is 0 Å². The summed E-state index contributed by atoms with van der Waals surface area (Å²) >= 11 is 0. The van der Waals surface area contributed by atoms with Gasteiger partial charge in [-0.05, 0) is 24.3 Å². The number of nitrogens with zero attached hydrogens (tertiary/aromatic N) is 3. The molecule has 18 heavy (non-hydrogen) atoms. The summed E-state index contributed by atoms with van der Waals surface area (Å²) in [7, 11) is 0. The highest BCUT2D eigenvalue weighted by Gasteiger charge is 2.30. The lowest BCUT2D eigenvalue weighted by atomic mass is 10.3. The number of anilines is 2. The largest absolute Gasteiger partial charge is 0.329 e. The molecule has 0 bridgehead atoms. The Kier molecular flexibility index (Phi) is 2.68. The van der Waals surface area contributed by atoms with Gasteiger partial charge in [-0.3, -0.25) is 14.8 Å². The van der Waals surface area contributed by atoms with Gasteiger partial charge in [0, 0.05) is 25.0 Å². The van der Waals surface area contributed by atoms with Gasteiger partial charge >= 0.3 is 6.03 Å². The number of rotatable bonds is 2. The van der Waals surface area contributed by atoms with E-state index >= 15 is 0 Å². The minimum atomic E-state index is 0.00852. The zero-order valence-corrected chi connectivity index (χ0v) is 9.86. The standard InChI is InChI=1S/C14H13N3O/c18-14-16(12-5-2-1-3-6-12)9-10-17(14)13-7-4-8-15-11-13/h1-8,11H,9-10H2. The van der Waals surface area contributed by atoms with Gasteiger partial charge in [0.05, 0.1) is 11.9 Å². The Hall–Kier alpha value is -2.36. The van der Waals surface area contributed by atoms with E-state index in [-0.39, 0.29) is 6.03 Å². The fraction of sp³-hybridized carbons (Fsp3) is 0.143. The summed E-state index contributed by atoms with van der Waals surface area (Å²) in [4.78, 5) is 19.9. The molecular weight excluding hydrogens is 226 g/mol. The fourth-order valence-electron chi connectivity index (χ4n) is 2.14. The number of hydrogen-bond acceptors (Lipinski definition) is 2. The third-order valence-electron chi connectivity index (χ3n) is 3.03. The van der Waals surface area contributed by atoms with E-state index in [1.807, 2.05) is 42.5 Å². The summed E-state index contributed by atoms with van der Waals surface area (Å²) in [6.45, 7) is 1.40.